The van der Waals surface area contributed by atoms with Crippen molar-refractivity contribution in [3.8, 4) is 0 Å². The molecule has 0 spiro atoms. The summed E-state index contributed by atoms with van der Waals surface area (Å²) in [7, 11) is 0. The summed E-state index contributed by atoms with van der Waals surface area (Å²) in [5.41, 5.74) is 1.34. The van der Waals surface area contributed by atoms with E-state index in [-0.39, 0.29) is 24.2 Å². The molecule has 0 saturated carbocycles. The third-order valence-corrected chi connectivity index (χ3v) is 6.74. The number of thioether (sulfide) groups is 1. The van der Waals surface area contributed by atoms with Crippen LogP contribution in [0.25, 0.3) is 0 Å². The Labute approximate surface area is 174 Å². The molecule has 1 aromatic heterocycles. The van der Waals surface area contributed by atoms with Crippen molar-refractivity contribution in [2.24, 2.45) is 5.92 Å². The van der Waals surface area contributed by atoms with Crippen molar-refractivity contribution < 1.29 is 9.59 Å². The van der Waals surface area contributed by atoms with Crippen molar-refractivity contribution >= 4 is 40.0 Å². The molecular weight excluding hydrogens is 392 g/mol. The molecule has 6 nitrogen and oxygen atoms in total. The van der Waals surface area contributed by atoms with Crippen LogP contribution in [0.4, 0.5) is 5.13 Å². The maximum atomic E-state index is 12.4. The van der Waals surface area contributed by atoms with Gasteiger partial charge in [-0.05, 0) is 24.8 Å². The first kappa shape index (κ1) is 20.8. The largest absolute Gasteiger partial charge is 0.342 e. The molecule has 1 N–H and O–H groups in total. The zero-order valence-electron chi connectivity index (χ0n) is 16.1. The van der Waals surface area contributed by atoms with Crippen molar-refractivity contribution in [1.29, 1.82) is 0 Å². The van der Waals surface area contributed by atoms with Gasteiger partial charge in [-0.3, -0.25) is 9.59 Å². The Bertz CT molecular complexity index is 782. The highest BCUT2D eigenvalue weighted by atomic mass is 32.2. The summed E-state index contributed by atoms with van der Waals surface area (Å²) in [5.74, 6) is 0.598. The second-order valence-corrected chi connectivity index (χ2v) is 9.21. The van der Waals surface area contributed by atoms with E-state index in [9.17, 15) is 9.59 Å². The molecule has 1 aliphatic heterocycles. The minimum atomic E-state index is -0.296. The van der Waals surface area contributed by atoms with Gasteiger partial charge in [0, 0.05) is 25.3 Å². The summed E-state index contributed by atoms with van der Waals surface area (Å²) in [6, 6.07) is 10.4. The van der Waals surface area contributed by atoms with Gasteiger partial charge in [-0.1, -0.05) is 66.8 Å². The molecule has 28 heavy (non-hydrogen) atoms. The maximum absolute atomic E-state index is 12.4. The van der Waals surface area contributed by atoms with E-state index in [1.165, 1.54) is 16.9 Å². The lowest BCUT2D eigenvalue weighted by molar-refractivity contribution is -0.128. The molecule has 1 aromatic carbocycles. The first-order chi connectivity index (χ1) is 13.7. The molecule has 1 fully saturated rings. The Hall–Kier alpha value is -1.93. The van der Waals surface area contributed by atoms with E-state index >= 15 is 0 Å². The molecule has 1 aliphatic rings. The van der Waals surface area contributed by atoms with Crippen LogP contribution in [-0.2, 0) is 16.0 Å². The smallest absolute Gasteiger partial charge is 0.231 e. The van der Waals surface area contributed by atoms with Gasteiger partial charge in [0.2, 0.25) is 16.9 Å². The van der Waals surface area contributed by atoms with Crippen LogP contribution in [0.15, 0.2) is 34.7 Å². The van der Waals surface area contributed by atoms with E-state index in [1.54, 1.807) is 16.7 Å². The number of nitrogens with one attached hydrogen (secondary N) is 1. The Morgan fingerprint density at radius 3 is 2.89 bits per heavy atom. The zero-order valence-corrected chi connectivity index (χ0v) is 17.7. The zero-order chi connectivity index (χ0) is 19.8. The van der Waals surface area contributed by atoms with Gasteiger partial charge in [0.25, 0.3) is 0 Å². The summed E-state index contributed by atoms with van der Waals surface area (Å²) in [4.78, 5) is 26.3. The number of amides is 2. The number of carbonyl (C=O) groups excluding carboxylic acids is 2. The summed E-state index contributed by atoms with van der Waals surface area (Å²) < 4.78 is 0.857. The number of rotatable bonds is 10. The number of benzene rings is 1. The monoisotopic (exact) mass is 418 g/mol. The number of likely N-dealkylation sites (tertiary alicyclic amines) is 1. The minimum Gasteiger partial charge on any atom is -0.342 e. The molecule has 1 saturated heterocycles. The molecule has 2 aromatic rings. The van der Waals surface area contributed by atoms with Crippen LogP contribution in [0.2, 0.25) is 0 Å². The summed E-state index contributed by atoms with van der Waals surface area (Å²) in [5, 5.41) is 11.6. The van der Waals surface area contributed by atoms with Gasteiger partial charge < -0.3 is 10.2 Å². The van der Waals surface area contributed by atoms with Crippen molar-refractivity contribution in [2.75, 3.05) is 24.2 Å². The van der Waals surface area contributed by atoms with E-state index in [1.807, 2.05) is 6.07 Å². The lowest BCUT2D eigenvalue weighted by Crippen LogP contribution is -2.29. The molecule has 0 radical (unpaired) electrons. The van der Waals surface area contributed by atoms with E-state index in [4.69, 9.17) is 0 Å². The Kier molecular flexibility index (Phi) is 7.85. The maximum Gasteiger partial charge on any atom is 0.231 e. The molecular formula is C20H26N4O2S2. The fraction of sp³-hybridized carbons (Fsp3) is 0.500. The highest BCUT2D eigenvalue weighted by Crippen LogP contribution is 2.27. The number of aryl methyl sites for hydroxylation is 1. The first-order valence-electron chi connectivity index (χ1n) is 9.74. The SMILES string of the molecule is CCCCN1CC(C(=O)Nc2nnc(SCCCc3ccccc3)s2)CC1=O. The van der Waals surface area contributed by atoms with E-state index in [2.05, 4.69) is 46.7 Å². The molecule has 2 heterocycles. The lowest BCUT2D eigenvalue weighted by Gasteiger charge is -2.15. The number of hydrogen-bond acceptors (Lipinski definition) is 6. The molecule has 3 rings (SSSR count). The fourth-order valence-corrected chi connectivity index (χ4v) is 4.88. The normalized spacial score (nSPS) is 16.5. The number of anilines is 1. The Morgan fingerprint density at radius 2 is 2.11 bits per heavy atom. The van der Waals surface area contributed by atoms with Gasteiger partial charge in [0.05, 0.1) is 5.92 Å². The second kappa shape index (κ2) is 10.6. The van der Waals surface area contributed by atoms with Crippen LogP contribution in [0, 0.1) is 5.92 Å². The van der Waals surface area contributed by atoms with Crippen molar-refractivity contribution in [1.82, 2.24) is 15.1 Å². The van der Waals surface area contributed by atoms with Crippen LogP contribution in [0.3, 0.4) is 0 Å². The standard InChI is InChI=1S/C20H26N4O2S2/c1-2-3-11-24-14-16(13-17(24)25)18(26)21-19-22-23-20(28-19)27-12-7-10-15-8-5-4-6-9-15/h4-6,8-9,16H,2-3,7,10-14H2,1H3,(H,21,22,26). The van der Waals surface area contributed by atoms with Gasteiger partial charge in [-0.25, -0.2) is 0 Å². The van der Waals surface area contributed by atoms with Crippen LogP contribution in [0.1, 0.15) is 38.2 Å². The summed E-state index contributed by atoms with van der Waals surface area (Å²) in [6.07, 6.45) is 4.40. The average molecular weight is 419 g/mol. The van der Waals surface area contributed by atoms with E-state index in [0.717, 1.165) is 42.3 Å². The van der Waals surface area contributed by atoms with Gasteiger partial charge in [-0.2, -0.15) is 0 Å². The second-order valence-electron chi connectivity index (χ2n) is 6.89. The van der Waals surface area contributed by atoms with Gasteiger partial charge in [0.1, 0.15) is 0 Å². The van der Waals surface area contributed by atoms with Crippen LogP contribution < -0.4 is 5.32 Å². The highest BCUT2D eigenvalue weighted by Gasteiger charge is 2.34. The molecule has 1 unspecified atom stereocenters. The number of unbranched alkanes of at least 4 members (excludes halogenated alkanes) is 1. The number of nitrogens with zero attached hydrogens (tertiary/aromatic N) is 3. The predicted molar refractivity (Wildman–Crippen MR) is 114 cm³/mol. The minimum absolute atomic E-state index is 0.0699. The Morgan fingerprint density at radius 1 is 1.29 bits per heavy atom. The van der Waals surface area contributed by atoms with Crippen LogP contribution in [-0.4, -0.2) is 45.8 Å². The third kappa shape index (κ3) is 6.04. The topological polar surface area (TPSA) is 75.2 Å². The van der Waals surface area contributed by atoms with Gasteiger partial charge in [-0.15, -0.1) is 10.2 Å². The Balaban J connectivity index is 1.40. The highest BCUT2D eigenvalue weighted by molar-refractivity contribution is 8.01. The molecule has 0 aliphatic carbocycles. The molecule has 150 valence electrons. The van der Waals surface area contributed by atoms with Crippen LogP contribution >= 0.6 is 23.1 Å². The lowest BCUT2D eigenvalue weighted by atomic mass is 10.1. The van der Waals surface area contributed by atoms with E-state index in [0.29, 0.717) is 11.7 Å². The van der Waals surface area contributed by atoms with Crippen LogP contribution in [0.5, 0.6) is 0 Å². The summed E-state index contributed by atoms with van der Waals surface area (Å²) >= 11 is 3.05. The molecule has 8 heteroatoms. The average Bonchev–Trinajstić information content (AvgIpc) is 3.30. The molecule has 1 atom stereocenters. The number of hydrogen-bond donors (Lipinski definition) is 1. The third-order valence-electron chi connectivity index (χ3n) is 4.68. The van der Waals surface area contributed by atoms with E-state index < -0.39 is 0 Å². The van der Waals surface area contributed by atoms with Crippen molar-refractivity contribution in [2.45, 2.75) is 43.4 Å². The van der Waals surface area contributed by atoms with Crippen molar-refractivity contribution in [3.63, 3.8) is 0 Å². The predicted octanol–water partition coefficient (Wildman–Crippen LogP) is 3.85. The number of carbonyl (C=O) groups is 2. The summed E-state index contributed by atoms with van der Waals surface area (Å²) in [6.45, 7) is 3.34. The molecule has 0 bridgehead atoms. The van der Waals surface area contributed by atoms with Gasteiger partial charge in [0.15, 0.2) is 4.34 Å². The number of aromatic nitrogens is 2. The fourth-order valence-electron chi connectivity index (χ4n) is 3.12. The first-order valence-corrected chi connectivity index (χ1v) is 11.5. The van der Waals surface area contributed by atoms with Gasteiger partial charge >= 0.3 is 0 Å². The quantitative estimate of drug-likeness (QED) is 0.360. The van der Waals surface area contributed by atoms with Crippen molar-refractivity contribution in [3.05, 3.63) is 35.9 Å². The molecule has 2 amide bonds.